The van der Waals surface area contributed by atoms with Gasteiger partial charge < -0.3 is 10.5 Å². The lowest BCUT2D eigenvalue weighted by molar-refractivity contribution is 0.0605. The fourth-order valence-electron chi connectivity index (χ4n) is 2.73. The van der Waals surface area contributed by atoms with Gasteiger partial charge in [-0.1, -0.05) is 30.3 Å². The number of nitrogen functional groups attached to an aromatic ring is 1. The van der Waals surface area contributed by atoms with Gasteiger partial charge in [0, 0.05) is 19.4 Å². The molecule has 0 bridgehead atoms. The Balaban J connectivity index is 2.12. The summed E-state index contributed by atoms with van der Waals surface area (Å²) in [6, 6.07) is 10.4. The number of hydrogen-bond donors (Lipinski definition) is 1. The number of nitrogens with two attached hydrogens (primary N) is 1. The van der Waals surface area contributed by atoms with Crippen molar-refractivity contribution in [2.75, 3.05) is 18.9 Å². The van der Waals surface area contributed by atoms with Crippen LogP contribution < -0.4 is 5.73 Å². The molecule has 0 atom stereocenters. The van der Waals surface area contributed by atoms with E-state index in [9.17, 15) is 0 Å². The molecule has 1 aromatic carbocycles. The molecule has 1 aliphatic rings. The van der Waals surface area contributed by atoms with Gasteiger partial charge in [0.25, 0.3) is 0 Å². The van der Waals surface area contributed by atoms with E-state index in [-0.39, 0.29) is 5.41 Å². The highest BCUT2D eigenvalue weighted by Crippen LogP contribution is 2.39. The average molecular weight is 334 g/mol. The predicted molar refractivity (Wildman–Crippen MR) is 81.4 cm³/mol. The number of nitrogens with zero attached hydrogens (tertiary/aromatic N) is 2. The Kier molecular flexibility index (Phi) is 3.72. The van der Waals surface area contributed by atoms with Crippen molar-refractivity contribution >= 4 is 21.7 Å². The lowest BCUT2D eigenvalue weighted by Gasteiger charge is -2.36. The van der Waals surface area contributed by atoms with Crippen LogP contribution in [0.3, 0.4) is 0 Å². The van der Waals surface area contributed by atoms with Crippen molar-refractivity contribution in [2.45, 2.75) is 18.3 Å². The summed E-state index contributed by atoms with van der Waals surface area (Å²) in [5, 5.41) is 0. The second-order valence-corrected chi connectivity index (χ2v) is 5.84. The first-order valence-corrected chi connectivity index (χ1v) is 7.43. The molecule has 0 aliphatic carbocycles. The number of ether oxygens (including phenoxy) is 1. The Hall–Kier alpha value is -1.46. The van der Waals surface area contributed by atoms with Crippen LogP contribution >= 0.6 is 15.9 Å². The zero-order valence-corrected chi connectivity index (χ0v) is 12.6. The molecule has 2 N–H and O–H groups in total. The molecule has 20 heavy (non-hydrogen) atoms. The standard InChI is InChI=1S/C15H16BrN3O/c16-12-10-18-14(19-13(12)17)15(6-8-20-9-7-15)11-4-2-1-3-5-11/h1-5,10H,6-9H2,(H2,17,18,19). The molecular weight excluding hydrogens is 318 g/mol. The SMILES string of the molecule is Nc1nc(C2(c3ccccc3)CCOCC2)ncc1Br. The summed E-state index contributed by atoms with van der Waals surface area (Å²) >= 11 is 3.35. The second kappa shape index (κ2) is 5.50. The van der Waals surface area contributed by atoms with E-state index in [1.54, 1.807) is 6.20 Å². The van der Waals surface area contributed by atoms with Crippen molar-refractivity contribution in [3.63, 3.8) is 0 Å². The molecule has 4 nitrogen and oxygen atoms in total. The molecular formula is C15H16BrN3O. The van der Waals surface area contributed by atoms with Crippen molar-refractivity contribution in [3.8, 4) is 0 Å². The molecule has 0 amide bonds. The van der Waals surface area contributed by atoms with Crippen molar-refractivity contribution in [2.24, 2.45) is 0 Å². The van der Waals surface area contributed by atoms with Crippen molar-refractivity contribution in [3.05, 3.63) is 52.4 Å². The third-order valence-electron chi connectivity index (χ3n) is 3.87. The van der Waals surface area contributed by atoms with Gasteiger partial charge in [-0.3, -0.25) is 0 Å². The third-order valence-corrected chi connectivity index (χ3v) is 4.48. The van der Waals surface area contributed by atoms with Gasteiger partial charge in [0.05, 0.1) is 9.89 Å². The topological polar surface area (TPSA) is 61.0 Å². The van der Waals surface area contributed by atoms with Crippen molar-refractivity contribution in [1.29, 1.82) is 0 Å². The van der Waals surface area contributed by atoms with Crippen LogP contribution in [0, 0.1) is 0 Å². The molecule has 1 saturated heterocycles. The fourth-order valence-corrected chi connectivity index (χ4v) is 2.92. The van der Waals surface area contributed by atoms with Crippen LogP contribution in [0.1, 0.15) is 24.2 Å². The second-order valence-electron chi connectivity index (χ2n) is 4.99. The summed E-state index contributed by atoms with van der Waals surface area (Å²) in [7, 11) is 0. The molecule has 0 radical (unpaired) electrons. The first-order valence-electron chi connectivity index (χ1n) is 6.64. The largest absolute Gasteiger partial charge is 0.383 e. The average Bonchev–Trinajstić information content (AvgIpc) is 2.51. The van der Waals surface area contributed by atoms with E-state index in [4.69, 9.17) is 10.5 Å². The minimum Gasteiger partial charge on any atom is -0.383 e. The summed E-state index contributed by atoms with van der Waals surface area (Å²) in [5.74, 6) is 1.27. The monoisotopic (exact) mass is 333 g/mol. The lowest BCUT2D eigenvalue weighted by atomic mass is 9.73. The molecule has 1 fully saturated rings. The van der Waals surface area contributed by atoms with Gasteiger partial charge in [-0.05, 0) is 34.3 Å². The minimum atomic E-state index is -0.200. The summed E-state index contributed by atoms with van der Waals surface area (Å²) in [5.41, 5.74) is 6.96. The third kappa shape index (κ3) is 2.31. The quantitative estimate of drug-likeness (QED) is 0.917. The molecule has 0 spiro atoms. The summed E-state index contributed by atoms with van der Waals surface area (Å²) in [6.07, 6.45) is 3.48. The Labute approximate surface area is 126 Å². The normalized spacial score (nSPS) is 17.9. The maximum Gasteiger partial charge on any atom is 0.141 e. The van der Waals surface area contributed by atoms with E-state index in [2.05, 4.69) is 50.2 Å². The minimum absolute atomic E-state index is 0.200. The van der Waals surface area contributed by atoms with Crippen LogP contribution in [0.5, 0.6) is 0 Å². The van der Waals surface area contributed by atoms with Crippen LogP contribution in [0.15, 0.2) is 41.0 Å². The Morgan fingerprint density at radius 1 is 1.15 bits per heavy atom. The van der Waals surface area contributed by atoms with Crippen LogP contribution in [0.4, 0.5) is 5.82 Å². The Bertz CT molecular complexity index is 597. The highest BCUT2D eigenvalue weighted by atomic mass is 79.9. The number of benzene rings is 1. The number of rotatable bonds is 2. The number of aromatic nitrogens is 2. The molecule has 2 aromatic rings. The van der Waals surface area contributed by atoms with Crippen LogP contribution in [0.25, 0.3) is 0 Å². The van der Waals surface area contributed by atoms with E-state index in [0.717, 1.165) is 23.1 Å². The Morgan fingerprint density at radius 3 is 2.50 bits per heavy atom. The van der Waals surface area contributed by atoms with Crippen LogP contribution in [0.2, 0.25) is 0 Å². The zero-order valence-electron chi connectivity index (χ0n) is 11.1. The molecule has 1 aliphatic heterocycles. The molecule has 104 valence electrons. The first kappa shape index (κ1) is 13.5. The lowest BCUT2D eigenvalue weighted by Crippen LogP contribution is -2.37. The molecule has 1 aromatic heterocycles. The van der Waals surface area contributed by atoms with Crippen molar-refractivity contribution in [1.82, 2.24) is 9.97 Å². The summed E-state index contributed by atoms with van der Waals surface area (Å²) in [4.78, 5) is 9.03. The van der Waals surface area contributed by atoms with Gasteiger partial charge in [-0.2, -0.15) is 0 Å². The van der Waals surface area contributed by atoms with E-state index < -0.39 is 0 Å². The maximum atomic E-state index is 5.94. The van der Waals surface area contributed by atoms with E-state index in [0.29, 0.717) is 19.0 Å². The van der Waals surface area contributed by atoms with Gasteiger partial charge >= 0.3 is 0 Å². The maximum absolute atomic E-state index is 5.94. The van der Waals surface area contributed by atoms with E-state index >= 15 is 0 Å². The van der Waals surface area contributed by atoms with Gasteiger partial charge in [-0.15, -0.1) is 0 Å². The van der Waals surface area contributed by atoms with Gasteiger partial charge in [0.15, 0.2) is 0 Å². The highest BCUT2D eigenvalue weighted by Gasteiger charge is 2.39. The molecule has 0 saturated carbocycles. The predicted octanol–water partition coefficient (Wildman–Crippen LogP) is 2.92. The molecule has 3 rings (SSSR count). The van der Waals surface area contributed by atoms with Crippen LogP contribution in [-0.4, -0.2) is 23.2 Å². The van der Waals surface area contributed by atoms with Gasteiger partial charge in [0.2, 0.25) is 0 Å². The zero-order chi connectivity index (χ0) is 14.0. The van der Waals surface area contributed by atoms with Gasteiger partial charge in [-0.25, -0.2) is 9.97 Å². The summed E-state index contributed by atoms with van der Waals surface area (Å²) in [6.45, 7) is 1.43. The van der Waals surface area contributed by atoms with Crippen molar-refractivity contribution < 1.29 is 4.74 Å². The smallest absolute Gasteiger partial charge is 0.141 e. The summed E-state index contributed by atoms with van der Waals surface area (Å²) < 4.78 is 6.26. The van der Waals surface area contributed by atoms with E-state index in [1.165, 1.54) is 5.56 Å². The van der Waals surface area contributed by atoms with Gasteiger partial charge in [0.1, 0.15) is 11.6 Å². The Morgan fingerprint density at radius 2 is 1.85 bits per heavy atom. The van der Waals surface area contributed by atoms with E-state index in [1.807, 2.05) is 6.07 Å². The molecule has 5 heteroatoms. The molecule has 0 unspecified atom stereocenters. The molecule has 2 heterocycles. The number of anilines is 1. The fraction of sp³-hybridized carbons (Fsp3) is 0.333. The highest BCUT2D eigenvalue weighted by molar-refractivity contribution is 9.10. The number of hydrogen-bond acceptors (Lipinski definition) is 4. The number of halogens is 1. The first-order chi connectivity index (χ1) is 9.72. The van der Waals surface area contributed by atoms with Crippen LogP contribution in [-0.2, 0) is 10.2 Å².